The lowest BCUT2D eigenvalue weighted by molar-refractivity contribution is -0.137. The van der Waals surface area contributed by atoms with Crippen molar-refractivity contribution in [1.29, 1.82) is 0 Å². The molecule has 39 heavy (non-hydrogen) atoms. The van der Waals surface area contributed by atoms with E-state index in [4.69, 9.17) is 0 Å². The Balaban J connectivity index is 1.26. The summed E-state index contributed by atoms with van der Waals surface area (Å²) in [6.07, 6.45) is 0.182. The molecule has 0 spiro atoms. The number of hydrogen-bond acceptors (Lipinski definition) is 6. The molecular formula is C26H20F3N5O3S2. The summed E-state index contributed by atoms with van der Waals surface area (Å²) in [7, 11) is -3.28. The number of benzene rings is 2. The Morgan fingerprint density at radius 3 is 2.54 bits per heavy atom. The standard InChI is InChI=1S/C26H20F3N5O3S2/c1-39(36,37)20-7-5-16(6-8-20)17-9-10-34-22(13-30-23(34)11-17)21-15-38-24(33-21)14-31-25(35)32-19-4-2-3-18(12-19)26(27,28)29/h2-13,15H,14H2,1H3,(H2,31,32,35). The molecule has 200 valence electrons. The first-order chi connectivity index (χ1) is 18.5. The molecule has 0 saturated carbocycles. The molecule has 0 fully saturated rings. The number of hydrogen-bond donors (Lipinski definition) is 2. The second kappa shape index (κ2) is 10.2. The van der Waals surface area contributed by atoms with Gasteiger partial charge in [-0.25, -0.2) is 23.2 Å². The molecule has 0 saturated heterocycles. The second-order valence-corrected chi connectivity index (χ2v) is 11.6. The minimum Gasteiger partial charge on any atom is -0.331 e. The number of carbonyl (C=O) groups excluding carboxylic acids is 1. The third-order valence-corrected chi connectivity index (χ3v) is 7.77. The zero-order valence-electron chi connectivity index (χ0n) is 20.2. The average Bonchev–Trinajstić information content (AvgIpc) is 3.53. The van der Waals surface area contributed by atoms with Crippen molar-refractivity contribution in [3.63, 3.8) is 0 Å². The molecule has 0 radical (unpaired) electrons. The van der Waals surface area contributed by atoms with Crippen LogP contribution >= 0.6 is 11.3 Å². The molecule has 0 bridgehead atoms. The summed E-state index contributed by atoms with van der Waals surface area (Å²) in [6.45, 7) is 0.0832. The maximum absolute atomic E-state index is 12.9. The smallest absolute Gasteiger partial charge is 0.331 e. The van der Waals surface area contributed by atoms with Crippen molar-refractivity contribution in [2.45, 2.75) is 17.6 Å². The van der Waals surface area contributed by atoms with Gasteiger partial charge in [-0.15, -0.1) is 11.3 Å². The van der Waals surface area contributed by atoms with Crippen molar-refractivity contribution in [3.8, 4) is 22.5 Å². The number of pyridine rings is 1. The minimum absolute atomic E-state index is 0.0265. The number of rotatable bonds is 6. The van der Waals surface area contributed by atoms with Gasteiger partial charge in [0.25, 0.3) is 0 Å². The van der Waals surface area contributed by atoms with Crippen molar-refractivity contribution >= 4 is 38.5 Å². The summed E-state index contributed by atoms with van der Waals surface area (Å²) in [5.74, 6) is 0. The number of alkyl halides is 3. The Morgan fingerprint density at radius 2 is 1.82 bits per heavy atom. The van der Waals surface area contributed by atoms with Crippen LogP contribution in [0.3, 0.4) is 0 Å². The fraction of sp³-hybridized carbons (Fsp3) is 0.115. The highest BCUT2D eigenvalue weighted by atomic mass is 32.2. The van der Waals surface area contributed by atoms with E-state index in [1.807, 2.05) is 28.1 Å². The van der Waals surface area contributed by atoms with Crippen LogP contribution in [0.25, 0.3) is 28.2 Å². The van der Waals surface area contributed by atoms with E-state index in [1.54, 1.807) is 30.5 Å². The van der Waals surface area contributed by atoms with Crippen LogP contribution in [0.5, 0.6) is 0 Å². The summed E-state index contributed by atoms with van der Waals surface area (Å²) in [4.78, 5) is 21.5. The van der Waals surface area contributed by atoms with Crippen LogP contribution in [0.15, 0.2) is 83.3 Å². The van der Waals surface area contributed by atoms with Crippen LogP contribution in [0.1, 0.15) is 10.6 Å². The number of imidazole rings is 1. The molecule has 0 aliphatic rings. The van der Waals surface area contributed by atoms with Crippen molar-refractivity contribution in [2.75, 3.05) is 11.6 Å². The Kier molecular flexibility index (Phi) is 6.87. The number of amides is 2. The molecule has 0 unspecified atom stereocenters. The average molecular weight is 572 g/mol. The maximum atomic E-state index is 12.9. The van der Waals surface area contributed by atoms with Gasteiger partial charge in [-0.05, 0) is 53.6 Å². The van der Waals surface area contributed by atoms with Crippen LogP contribution in [-0.2, 0) is 22.6 Å². The predicted molar refractivity (Wildman–Crippen MR) is 142 cm³/mol. The number of halogens is 3. The van der Waals surface area contributed by atoms with E-state index < -0.39 is 27.6 Å². The molecule has 5 rings (SSSR count). The number of sulfone groups is 1. The first kappa shape index (κ1) is 26.4. The first-order valence-corrected chi connectivity index (χ1v) is 14.2. The molecule has 5 aromatic rings. The highest BCUT2D eigenvalue weighted by Gasteiger charge is 2.30. The van der Waals surface area contributed by atoms with Gasteiger partial charge < -0.3 is 10.6 Å². The number of fused-ring (bicyclic) bond motifs is 1. The number of aromatic nitrogens is 3. The number of carbonyl (C=O) groups is 1. The van der Waals surface area contributed by atoms with Crippen molar-refractivity contribution in [1.82, 2.24) is 19.7 Å². The molecule has 0 atom stereocenters. The van der Waals surface area contributed by atoms with Crippen LogP contribution in [0.2, 0.25) is 0 Å². The molecule has 13 heteroatoms. The fourth-order valence-corrected chi connectivity index (χ4v) is 5.22. The van der Waals surface area contributed by atoms with Gasteiger partial charge >= 0.3 is 12.2 Å². The lowest BCUT2D eigenvalue weighted by atomic mass is 10.1. The molecule has 3 aromatic heterocycles. The first-order valence-electron chi connectivity index (χ1n) is 11.4. The Hall–Kier alpha value is -4.23. The van der Waals surface area contributed by atoms with E-state index in [0.29, 0.717) is 16.3 Å². The van der Waals surface area contributed by atoms with Gasteiger partial charge in [-0.3, -0.25) is 4.40 Å². The lowest BCUT2D eigenvalue weighted by Gasteiger charge is -2.10. The summed E-state index contributed by atoms with van der Waals surface area (Å²) < 4.78 is 63.9. The van der Waals surface area contributed by atoms with Crippen LogP contribution < -0.4 is 10.6 Å². The Morgan fingerprint density at radius 1 is 1.05 bits per heavy atom. The number of nitrogens with one attached hydrogen (secondary N) is 2. The van der Waals surface area contributed by atoms with E-state index in [0.717, 1.165) is 35.2 Å². The molecule has 2 amide bonds. The Bertz CT molecular complexity index is 1780. The highest BCUT2D eigenvalue weighted by Crippen LogP contribution is 2.31. The fourth-order valence-electron chi connectivity index (χ4n) is 3.86. The molecular weight excluding hydrogens is 551 g/mol. The Labute approximate surface area is 225 Å². The monoisotopic (exact) mass is 571 g/mol. The third-order valence-electron chi connectivity index (χ3n) is 5.79. The molecule has 2 aromatic carbocycles. The van der Waals surface area contributed by atoms with E-state index in [2.05, 4.69) is 20.6 Å². The zero-order chi connectivity index (χ0) is 27.8. The quantitative estimate of drug-likeness (QED) is 0.265. The molecule has 0 aliphatic carbocycles. The van der Waals surface area contributed by atoms with Gasteiger partial charge in [0, 0.05) is 23.5 Å². The van der Waals surface area contributed by atoms with Gasteiger partial charge in [0.2, 0.25) is 0 Å². The minimum atomic E-state index is -4.50. The highest BCUT2D eigenvalue weighted by molar-refractivity contribution is 7.90. The molecule has 3 heterocycles. The largest absolute Gasteiger partial charge is 0.416 e. The van der Waals surface area contributed by atoms with Gasteiger partial charge in [-0.1, -0.05) is 18.2 Å². The van der Waals surface area contributed by atoms with Crippen LogP contribution in [-0.4, -0.2) is 35.1 Å². The molecule has 2 N–H and O–H groups in total. The summed E-state index contributed by atoms with van der Waals surface area (Å²) in [6, 6.07) is 14.1. The van der Waals surface area contributed by atoms with Crippen molar-refractivity contribution in [3.05, 3.63) is 89.0 Å². The summed E-state index contributed by atoms with van der Waals surface area (Å²) in [5, 5.41) is 7.41. The van der Waals surface area contributed by atoms with Crippen molar-refractivity contribution < 1.29 is 26.4 Å². The maximum Gasteiger partial charge on any atom is 0.416 e. The topological polar surface area (TPSA) is 105 Å². The number of thiazole rings is 1. The second-order valence-electron chi connectivity index (χ2n) is 8.60. The van der Waals surface area contributed by atoms with E-state index in [1.165, 1.54) is 23.5 Å². The SMILES string of the molecule is CS(=O)(=O)c1ccc(-c2ccn3c(-c4csc(CNC(=O)Nc5cccc(C(F)(F)F)c5)n4)cnc3c2)cc1. The number of anilines is 1. The van der Waals surface area contributed by atoms with E-state index in [9.17, 15) is 26.4 Å². The van der Waals surface area contributed by atoms with Gasteiger partial charge in [-0.2, -0.15) is 13.2 Å². The summed E-state index contributed by atoms with van der Waals surface area (Å²) >= 11 is 1.32. The number of urea groups is 1. The predicted octanol–water partition coefficient (Wildman–Crippen LogP) is 5.87. The third kappa shape index (κ3) is 5.94. The van der Waals surface area contributed by atoms with Crippen LogP contribution in [0, 0.1) is 0 Å². The van der Waals surface area contributed by atoms with Crippen molar-refractivity contribution in [2.24, 2.45) is 0 Å². The normalized spacial score (nSPS) is 12.0. The molecule has 8 nitrogen and oxygen atoms in total. The number of nitrogens with zero attached hydrogens (tertiary/aromatic N) is 3. The van der Waals surface area contributed by atoms with Gasteiger partial charge in [0.05, 0.1) is 34.6 Å². The summed E-state index contributed by atoms with van der Waals surface area (Å²) in [5.41, 5.74) is 2.94. The zero-order valence-corrected chi connectivity index (χ0v) is 21.9. The van der Waals surface area contributed by atoms with Gasteiger partial charge in [0.15, 0.2) is 9.84 Å². The van der Waals surface area contributed by atoms with E-state index >= 15 is 0 Å². The lowest BCUT2D eigenvalue weighted by Crippen LogP contribution is -2.28. The van der Waals surface area contributed by atoms with Crippen LogP contribution in [0.4, 0.5) is 23.7 Å². The van der Waals surface area contributed by atoms with Gasteiger partial charge in [0.1, 0.15) is 10.7 Å². The van der Waals surface area contributed by atoms with E-state index in [-0.39, 0.29) is 17.1 Å². The molecule has 0 aliphatic heterocycles.